The van der Waals surface area contributed by atoms with Gasteiger partial charge >= 0.3 is 0 Å². The summed E-state index contributed by atoms with van der Waals surface area (Å²) >= 11 is 0. The molecule has 0 atom stereocenters. The molecule has 7 heteroatoms. The fourth-order valence-electron chi connectivity index (χ4n) is 3.74. The van der Waals surface area contributed by atoms with Gasteiger partial charge in [-0.25, -0.2) is 12.8 Å². The third kappa shape index (κ3) is 4.32. The molecule has 1 aliphatic rings. The zero-order valence-electron chi connectivity index (χ0n) is 17.1. The van der Waals surface area contributed by atoms with Gasteiger partial charge in [-0.05, 0) is 49.6 Å². The maximum Gasteiger partial charge on any atom is 0.265 e. The summed E-state index contributed by atoms with van der Waals surface area (Å²) < 4.78 is 41.3. The second kappa shape index (κ2) is 8.51. The van der Waals surface area contributed by atoms with E-state index in [4.69, 9.17) is 0 Å². The normalized spacial score (nSPS) is 13.9. The highest BCUT2D eigenvalue weighted by Gasteiger charge is 2.35. The first-order chi connectivity index (χ1) is 14.9. The maximum atomic E-state index is 13.9. The van der Waals surface area contributed by atoms with Crippen molar-refractivity contribution in [2.24, 2.45) is 0 Å². The summed E-state index contributed by atoms with van der Waals surface area (Å²) in [5, 5.41) is 2.80. The first-order valence-electron chi connectivity index (χ1n) is 10.1. The minimum Gasteiger partial charge on any atom is -0.355 e. The second-order valence-corrected chi connectivity index (χ2v) is 9.44. The number of benzene rings is 3. The van der Waals surface area contributed by atoms with Crippen molar-refractivity contribution in [3.05, 3.63) is 83.7 Å². The average Bonchev–Trinajstić information content (AvgIpc) is 2.76. The lowest BCUT2D eigenvalue weighted by molar-refractivity contribution is -0.119. The predicted octanol–water partition coefficient (Wildman–Crippen LogP) is 4.06. The van der Waals surface area contributed by atoms with Crippen LogP contribution in [-0.4, -0.2) is 27.4 Å². The number of nitrogens with zero attached hydrogens (tertiary/aromatic N) is 1. The van der Waals surface area contributed by atoms with E-state index in [9.17, 15) is 17.6 Å². The Hall–Kier alpha value is -3.19. The Morgan fingerprint density at radius 1 is 1.00 bits per heavy atom. The number of fused-ring (bicyclic) bond motifs is 3. The number of carbonyl (C=O) groups is 1. The predicted molar refractivity (Wildman–Crippen MR) is 119 cm³/mol. The van der Waals surface area contributed by atoms with Gasteiger partial charge in [-0.1, -0.05) is 48.0 Å². The van der Waals surface area contributed by atoms with Crippen molar-refractivity contribution < 1.29 is 17.6 Å². The number of halogens is 1. The van der Waals surface area contributed by atoms with Gasteiger partial charge < -0.3 is 5.32 Å². The van der Waals surface area contributed by atoms with Crippen molar-refractivity contribution in [3.8, 4) is 11.1 Å². The van der Waals surface area contributed by atoms with Crippen LogP contribution in [-0.2, 0) is 21.2 Å². The molecule has 0 saturated heterocycles. The average molecular weight is 439 g/mol. The molecule has 0 aliphatic carbocycles. The standard InChI is InChI=1S/C24H23FN2O3S/c1-17-8-10-18(11-9-17)5-4-14-26-24(28)16-27-22-13-12-19(25)15-21(22)20-6-2-3-7-23(20)31(27,29)30/h2-3,6-13,15H,4-5,14,16H2,1H3,(H,26,28). The van der Waals surface area contributed by atoms with E-state index in [2.05, 4.69) is 17.4 Å². The number of carbonyl (C=O) groups excluding carboxylic acids is 1. The Kier molecular flexibility index (Phi) is 5.78. The molecule has 31 heavy (non-hydrogen) atoms. The van der Waals surface area contributed by atoms with Crippen LogP contribution in [0, 0.1) is 12.7 Å². The van der Waals surface area contributed by atoms with Crippen LogP contribution >= 0.6 is 0 Å². The van der Waals surface area contributed by atoms with Crippen LogP contribution in [0.2, 0.25) is 0 Å². The highest BCUT2D eigenvalue weighted by Crippen LogP contribution is 2.42. The Bertz CT molecular complexity index is 1220. The molecule has 3 aromatic rings. The minimum absolute atomic E-state index is 0.0697. The van der Waals surface area contributed by atoms with Gasteiger partial charge in [0.25, 0.3) is 10.0 Å². The fourth-order valence-corrected chi connectivity index (χ4v) is 5.38. The van der Waals surface area contributed by atoms with Gasteiger partial charge in [0.15, 0.2) is 0 Å². The lowest BCUT2D eigenvalue weighted by Crippen LogP contribution is -2.42. The highest BCUT2D eigenvalue weighted by molar-refractivity contribution is 7.93. The van der Waals surface area contributed by atoms with Gasteiger partial charge in [-0.15, -0.1) is 0 Å². The molecule has 0 bridgehead atoms. The topological polar surface area (TPSA) is 66.5 Å². The molecule has 0 saturated carbocycles. The van der Waals surface area contributed by atoms with E-state index >= 15 is 0 Å². The van der Waals surface area contributed by atoms with Crippen molar-refractivity contribution in [1.82, 2.24) is 5.32 Å². The number of nitrogens with one attached hydrogen (secondary N) is 1. The lowest BCUT2D eigenvalue weighted by Gasteiger charge is -2.31. The number of aryl methyl sites for hydroxylation is 2. The third-order valence-corrected chi connectivity index (χ3v) is 7.16. The molecular weight excluding hydrogens is 415 g/mol. The molecular formula is C24H23FN2O3S. The molecule has 0 radical (unpaired) electrons. The van der Waals surface area contributed by atoms with E-state index < -0.39 is 21.7 Å². The molecule has 1 aliphatic heterocycles. The van der Waals surface area contributed by atoms with E-state index in [1.54, 1.807) is 18.2 Å². The molecule has 3 aromatic carbocycles. The zero-order valence-corrected chi connectivity index (χ0v) is 18.0. The van der Waals surface area contributed by atoms with Crippen LogP contribution < -0.4 is 9.62 Å². The number of sulfonamides is 1. The molecule has 0 spiro atoms. The quantitative estimate of drug-likeness (QED) is 0.591. The summed E-state index contributed by atoms with van der Waals surface area (Å²) in [6.07, 6.45) is 1.56. The van der Waals surface area contributed by atoms with Gasteiger partial charge in [0.2, 0.25) is 5.91 Å². The van der Waals surface area contributed by atoms with Gasteiger partial charge in [-0.2, -0.15) is 0 Å². The third-order valence-electron chi connectivity index (χ3n) is 5.34. The summed E-state index contributed by atoms with van der Waals surface area (Å²) in [4.78, 5) is 12.6. The molecule has 4 rings (SSSR count). The molecule has 0 unspecified atom stereocenters. The number of hydrogen-bond donors (Lipinski definition) is 1. The van der Waals surface area contributed by atoms with Crippen molar-refractivity contribution in [1.29, 1.82) is 0 Å². The van der Waals surface area contributed by atoms with Crippen molar-refractivity contribution in [2.45, 2.75) is 24.7 Å². The summed E-state index contributed by atoms with van der Waals surface area (Å²) in [6.45, 7) is 2.11. The second-order valence-electron chi connectivity index (χ2n) is 7.61. The summed E-state index contributed by atoms with van der Waals surface area (Å²) in [5.41, 5.74) is 3.58. The van der Waals surface area contributed by atoms with Crippen LogP contribution in [0.4, 0.5) is 10.1 Å². The summed E-state index contributed by atoms with van der Waals surface area (Å²) in [7, 11) is -3.93. The lowest BCUT2D eigenvalue weighted by atomic mass is 10.0. The maximum absolute atomic E-state index is 13.9. The first kappa shape index (κ1) is 21.1. The summed E-state index contributed by atoms with van der Waals surface area (Å²) in [5.74, 6) is -0.865. The minimum atomic E-state index is -3.93. The smallest absolute Gasteiger partial charge is 0.265 e. The Morgan fingerprint density at radius 3 is 2.52 bits per heavy atom. The van der Waals surface area contributed by atoms with E-state index in [-0.39, 0.29) is 11.4 Å². The van der Waals surface area contributed by atoms with Crippen LogP contribution in [0.1, 0.15) is 17.5 Å². The number of rotatable bonds is 6. The molecule has 0 aromatic heterocycles. The SMILES string of the molecule is Cc1ccc(CCCNC(=O)CN2c3ccc(F)cc3-c3ccccc3S2(=O)=O)cc1. The molecule has 1 N–H and O–H groups in total. The Balaban J connectivity index is 1.47. The molecule has 1 heterocycles. The number of hydrogen-bond acceptors (Lipinski definition) is 3. The monoisotopic (exact) mass is 438 g/mol. The first-order valence-corrected chi connectivity index (χ1v) is 11.5. The number of amides is 1. The Morgan fingerprint density at radius 2 is 1.74 bits per heavy atom. The zero-order chi connectivity index (χ0) is 22.0. The van der Waals surface area contributed by atoms with E-state index in [0.717, 1.165) is 17.1 Å². The van der Waals surface area contributed by atoms with E-state index in [0.29, 0.717) is 23.4 Å². The van der Waals surface area contributed by atoms with Crippen LogP contribution in [0.5, 0.6) is 0 Å². The van der Waals surface area contributed by atoms with Crippen LogP contribution in [0.15, 0.2) is 71.6 Å². The molecule has 160 valence electrons. The van der Waals surface area contributed by atoms with Gasteiger partial charge in [0.1, 0.15) is 12.4 Å². The number of anilines is 1. The fraction of sp³-hybridized carbons (Fsp3) is 0.208. The largest absolute Gasteiger partial charge is 0.355 e. The Labute approximate surface area is 181 Å². The summed E-state index contributed by atoms with van der Waals surface area (Å²) in [6, 6.07) is 18.6. The van der Waals surface area contributed by atoms with Crippen LogP contribution in [0.3, 0.4) is 0 Å². The van der Waals surface area contributed by atoms with Crippen molar-refractivity contribution in [3.63, 3.8) is 0 Å². The van der Waals surface area contributed by atoms with E-state index in [1.165, 1.54) is 35.4 Å². The van der Waals surface area contributed by atoms with Crippen molar-refractivity contribution in [2.75, 3.05) is 17.4 Å². The van der Waals surface area contributed by atoms with Crippen molar-refractivity contribution >= 4 is 21.6 Å². The van der Waals surface area contributed by atoms with E-state index in [1.807, 2.05) is 19.1 Å². The molecule has 0 fully saturated rings. The molecule has 1 amide bonds. The van der Waals surface area contributed by atoms with Gasteiger partial charge in [0.05, 0.1) is 10.6 Å². The highest BCUT2D eigenvalue weighted by atomic mass is 32.2. The van der Waals surface area contributed by atoms with Crippen LogP contribution in [0.25, 0.3) is 11.1 Å². The van der Waals surface area contributed by atoms with Gasteiger partial charge in [0, 0.05) is 17.7 Å². The molecule has 5 nitrogen and oxygen atoms in total. The van der Waals surface area contributed by atoms with Gasteiger partial charge in [-0.3, -0.25) is 9.10 Å².